The van der Waals surface area contributed by atoms with Gasteiger partial charge >= 0.3 is 0 Å². The molecule has 0 amide bonds. The van der Waals surface area contributed by atoms with Gasteiger partial charge in [0.2, 0.25) is 5.78 Å². The van der Waals surface area contributed by atoms with E-state index in [1.165, 1.54) is 0 Å². The fraction of sp³-hybridized carbons (Fsp3) is 0.233. The highest BCUT2D eigenvalue weighted by Crippen LogP contribution is 2.44. The molecular formula is C30H28N2O5. The standard InChI is InChI=1S/C30H28N2O5/c1-18-11-26-23(16-32(17-36-26)15-19-7-5-6-8-25(19)35-4)30-28(18)29(33)27(37-30)12-20-14-31(2)24-10-9-21(34-3)13-22(20)24/h5-14H,15-17H2,1-4H3/b27-12-. The highest BCUT2D eigenvalue weighted by atomic mass is 16.5. The number of fused-ring (bicyclic) bond motifs is 4. The number of hydrogen-bond donors (Lipinski definition) is 0. The van der Waals surface area contributed by atoms with E-state index in [1.54, 1.807) is 14.2 Å². The maximum atomic E-state index is 13.5. The number of ether oxygens (including phenoxy) is 4. The number of aryl methyl sites for hydroxylation is 2. The zero-order valence-electron chi connectivity index (χ0n) is 21.3. The lowest BCUT2D eigenvalue weighted by molar-refractivity contribution is 0.0864. The number of para-hydroxylation sites is 1. The number of carbonyl (C=O) groups is 1. The lowest BCUT2D eigenvalue weighted by Gasteiger charge is -2.30. The Balaban J connectivity index is 1.35. The van der Waals surface area contributed by atoms with Gasteiger partial charge in [0.15, 0.2) is 5.76 Å². The summed E-state index contributed by atoms with van der Waals surface area (Å²) in [5, 5.41) is 0.992. The first-order valence-corrected chi connectivity index (χ1v) is 12.2. The van der Waals surface area contributed by atoms with Crippen molar-refractivity contribution in [2.75, 3.05) is 21.0 Å². The second-order valence-corrected chi connectivity index (χ2v) is 9.46. The minimum absolute atomic E-state index is 0.114. The zero-order valence-corrected chi connectivity index (χ0v) is 21.3. The van der Waals surface area contributed by atoms with Gasteiger partial charge in [-0.05, 0) is 48.9 Å². The lowest BCUT2D eigenvalue weighted by atomic mass is 9.98. The first kappa shape index (κ1) is 23.2. The van der Waals surface area contributed by atoms with E-state index in [0.29, 0.717) is 36.9 Å². The summed E-state index contributed by atoms with van der Waals surface area (Å²) in [5.74, 6) is 3.15. The van der Waals surface area contributed by atoms with Crippen LogP contribution in [0.3, 0.4) is 0 Å². The highest BCUT2D eigenvalue weighted by Gasteiger charge is 2.35. The van der Waals surface area contributed by atoms with Crippen molar-refractivity contribution in [3.63, 3.8) is 0 Å². The van der Waals surface area contributed by atoms with Crippen molar-refractivity contribution >= 4 is 22.8 Å². The van der Waals surface area contributed by atoms with E-state index in [4.69, 9.17) is 18.9 Å². The van der Waals surface area contributed by atoms with E-state index >= 15 is 0 Å². The molecule has 0 bridgehead atoms. The van der Waals surface area contributed by atoms with E-state index in [9.17, 15) is 4.79 Å². The van der Waals surface area contributed by atoms with Crippen LogP contribution in [0.2, 0.25) is 0 Å². The maximum absolute atomic E-state index is 13.5. The monoisotopic (exact) mass is 496 g/mol. The van der Waals surface area contributed by atoms with Gasteiger partial charge in [-0.2, -0.15) is 0 Å². The number of hydrogen-bond acceptors (Lipinski definition) is 6. The van der Waals surface area contributed by atoms with Crippen LogP contribution >= 0.6 is 0 Å². The molecule has 2 aliphatic rings. The smallest absolute Gasteiger partial charge is 0.232 e. The maximum Gasteiger partial charge on any atom is 0.232 e. The summed E-state index contributed by atoms with van der Waals surface area (Å²) in [7, 11) is 5.31. The molecule has 0 atom stereocenters. The van der Waals surface area contributed by atoms with Crippen molar-refractivity contribution in [3.8, 4) is 23.0 Å². The molecule has 0 saturated carbocycles. The van der Waals surface area contributed by atoms with E-state index < -0.39 is 0 Å². The Hall–Kier alpha value is -4.23. The Morgan fingerprint density at radius 2 is 1.92 bits per heavy atom. The van der Waals surface area contributed by atoms with Gasteiger partial charge in [0.25, 0.3) is 0 Å². The molecule has 6 rings (SSSR count). The van der Waals surface area contributed by atoms with Gasteiger partial charge < -0.3 is 23.5 Å². The first-order valence-electron chi connectivity index (χ1n) is 12.2. The predicted octanol–water partition coefficient (Wildman–Crippen LogP) is 5.47. The summed E-state index contributed by atoms with van der Waals surface area (Å²) in [5.41, 5.74) is 5.35. The number of methoxy groups -OCH3 is 2. The number of nitrogens with zero attached hydrogens (tertiary/aromatic N) is 2. The number of Topliss-reactive ketones (excluding diaryl/α,β-unsaturated/α-hetero) is 1. The molecule has 0 unspecified atom stereocenters. The van der Waals surface area contributed by atoms with E-state index in [1.807, 2.05) is 79.3 Å². The van der Waals surface area contributed by atoms with Crippen LogP contribution in [-0.4, -0.2) is 36.2 Å². The molecule has 2 aliphatic heterocycles. The third kappa shape index (κ3) is 3.92. The van der Waals surface area contributed by atoms with Gasteiger partial charge in [0.1, 0.15) is 29.7 Å². The van der Waals surface area contributed by atoms with Gasteiger partial charge in [-0.25, -0.2) is 0 Å². The Bertz CT molecular complexity index is 1580. The number of allylic oxidation sites excluding steroid dienone is 1. The summed E-state index contributed by atoms with van der Waals surface area (Å²) in [6.07, 6.45) is 3.82. The molecule has 37 heavy (non-hydrogen) atoms. The number of carbonyl (C=O) groups excluding carboxylic acids is 1. The first-order chi connectivity index (χ1) is 18.0. The quantitative estimate of drug-likeness (QED) is 0.342. The molecule has 0 saturated heterocycles. The van der Waals surface area contributed by atoms with Crippen LogP contribution in [0.5, 0.6) is 23.0 Å². The molecule has 0 radical (unpaired) electrons. The molecule has 1 aromatic heterocycles. The number of benzene rings is 3. The summed E-state index contributed by atoms with van der Waals surface area (Å²) >= 11 is 0. The van der Waals surface area contributed by atoms with Crippen LogP contribution in [0.15, 0.2) is 60.5 Å². The zero-order chi connectivity index (χ0) is 25.7. The van der Waals surface area contributed by atoms with Gasteiger partial charge in [-0.3, -0.25) is 9.69 Å². The number of rotatable bonds is 5. The van der Waals surface area contributed by atoms with Crippen molar-refractivity contribution in [1.82, 2.24) is 9.47 Å². The molecule has 0 spiro atoms. The van der Waals surface area contributed by atoms with Crippen molar-refractivity contribution in [3.05, 3.63) is 88.3 Å². The fourth-order valence-electron chi connectivity index (χ4n) is 5.24. The average molecular weight is 497 g/mol. The second-order valence-electron chi connectivity index (χ2n) is 9.46. The fourth-order valence-corrected chi connectivity index (χ4v) is 5.24. The summed E-state index contributed by atoms with van der Waals surface area (Å²) in [4.78, 5) is 15.7. The topological polar surface area (TPSA) is 62.2 Å². The van der Waals surface area contributed by atoms with Crippen LogP contribution in [0.4, 0.5) is 0 Å². The van der Waals surface area contributed by atoms with Gasteiger partial charge in [0, 0.05) is 48.4 Å². The number of ketones is 1. The molecule has 188 valence electrons. The second kappa shape index (κ2) is 9.01. The lowest BCUT2D eigenvalue weighted by Crippen LogP contribution is -2.32. The van der Waals surface area contributed by atoms with Crippen molar-refractivity contribution in [2.45, 2.75) is 20.0 Å². The Morgan fingerprint density at radius 1 is 1.08 bits per heavy atom. The third-order valence-electron chi connectivity index (χ3n) is 7.09. The highest BCUT2D eigenvalue weighted by molar-refractivity contribution is 6.16. The van der Waals surface area contributed by atoms with E-state index in [0.717, 1.165) is 50.4 Å². The Kier molecular flexibility index (Phi) is 5.65. The van der Waals surface area contributed by atoms with E-state index in [-0.39, 0.29) is 5.78 Å². The third-order valence-corrected chi connectivity index (χ3v) is 7.09. The molecule has 0 fully saturated rings. The molecule has 7 nitrogen and oxygen atoms in total. The Morgan fingerprint density at radius 3 is 2.73 bits per heavy atom. The summed E-state index contributed by atoms with van der Waals surface area (Å²) in [6.45, 7) is 3.62. The number of aromatic nitrogens is 1. The van der Waals surface area contributed by atoms with Crippen LogP contribution in [0.1, 0.15) is 32.6 Å². The molecule has 4 aromatic rings. The largest absolute Gasteiger partial charge is 0.497 e. The molecular weight excluding hydrogens is 468 g/mol. The summed E-state index contributed by atoms with van der Waals surface area (Å²) in [6, 6.07) is 15.8. The van der Waals surface area contributed by atoms with Gasteiger partial charge in [-0.15, -0.1) is 0 Å². The van der Waals surface area contributed by atoms with Crippen LogP contribution in [0, 0.1) is 6.92 Å². The van der Waals surface area contributed by atoms with Crippen molar-refractivity contribution < 1.29 is 23.7 Å². The molecule has 7 heteroatoms. The molecule has 3 aromatic carbocycles. The minimum atomic E-state index is -0.114. The normalized spacial score (nSPS) is 15.9. The SMILES string of the molecule is COc1ccc2c(c1)c(/C=C1\Oc3c4c(cc(C)c3C1=O)OCN(Cc1ccccc1OC)C4)cn2C. The minimum Gasteiger partial charge on any atom is -0.497 e. The van der Waals surface area contributed by atoms with Crippen LogP contribution < -0.4 is 18.9 Å². The van der Waals surface area contributed by atoms with E-state index in [2.05, 4.69) is 4.90 Å². The predicted molar refractivity (Wildman–Crippen MR) is 141 cm³/mol. The molecule has 0 N–H and O–H groups in total. The van der Waals surface area contributed by atoms with Crippen LogP contribution in [0.25, 0.3) is 17.0 Å². The van der Waals surface area contributed by atoms with Gasteiger partial charge in [-0.1, -0.05) is 18.2 Å². The van der Waals surface area contributed by atoms with Crippen molar-refractivity contribution in [1.29, 1.82) is 0 Å². The average Bonchev–Trinajstić information content (AvgIpc) is 3.41. The Labute approximate surface area is 215 Å². The van der Waals surface area contributed by atoms with Crippen LogP contribution in [-0.2, 0) is 20.1 Å². The molecule has 3 heterocycles. The van der Waals surface area contributed by atoms with Gasteiger partial charge in [0.05, 0.1) is 25.3 Å². The molecule has 0 aliphatic carbocycles. The van der Waals surface area contributed by atoms with Crippen molar-refractivity contribution in [2.24, 2.45) is 7.05 Å². The summed E-state index contributed by atoms with van der Waals surface area (Å²) < 4.78 is 25.4.